The molecule has 10 heteroatoms. The number of amides is 3. The third-order valence-electron chi connectivity index (χ3n) is 9.11. The van der Waals surface area contributed by atoms with Gasteiger partial charge in [-0.15, -0.1) is 13.2 Å². The summed E-state index contributed by atoms with van der Waals surface area (Å²) in [6, 6.07) is 7.30. The van der Waals surface area contributed by atoms with Gasteiger partial charge in [0.15, 0.2) is 0 Å². The molecular formula is C34H47N3O7. The molecule has 2 N–H and O–H groups in total. The number of hydrogen-bond donors (Lipinski definition) is 2. The molecule has 3 saturated heterocycles. The fourth-order valence-electron chi connectivity index (χ4n) is 7.07. The Morgan fingerprint density at radius 2 is 1.98 bits per heavy atom. The lowest BCUT2D eigenvalue weighted by Gasteiger charge is -2.39. The minimum absolute atomic E-state index is 0.131. The summed E-state index contributed by atoms with van der Waals surface area (Å²) in [6.07, 6.45) is 6.64. The summed E-state index contributed by atoms with van der Waals surface area (Å²) in [7, 11) is 0. The van der Waals surface area contributed by atoms with Gasteiger partial charge in [0.1, 0.15) is 17.7 Å². The number of unbranched alkanes of at least 4 members (excludes halogenated alkanes) is 2. The molecule has 2 bridgehead atoms. The number of benzene rings is 1. The third-order valence-corrected chi connectivity index (χ3v) is 9.11. The van der Waals surface area contributed by atoms with Crippen molar-refractivity contribution >= 4 is 23.7 Å². The number of rotatable bonds is 17. The van der Waals surface area contributed by atoms with Crippen molar-refractivity contribution in [3.8, 4) is 0 Å². The average molecular weight is 610 g/mol. The lowest BCUT2D eigenvalue weighted by molar-refractivity contribution is -0.160. The predicted molar refractivity (Wildman–Crippen MR) is 165 cm³/mol. The van der Waals surface area contributed by atoms with Gasteiger partial charge in [0.25, 0.3) is 0 Å². The van der Waals surface area contributed by atoms with Gasteiger partial charge in [-0.1, -0.05) is 62.2 Å². The van der Waals surface area contributed by atoms with E-state index >= 15 is 0 Å². The Hall–Kier alpha value is -3.50. The molecule has 0 aromatic heterocycles. The SMILES string of the molecule is C=CCCC(=O)NC[C@@H](C)OC(=O)[C@@H]1[C@H]2C(=O)N([C@H](CO)c3ccccc3)[C@H](C(=O)N(CC=C)CCCCC)[C@]23CC[C@H]1O3. The van der Waals surface area contributed by atoms with Gasteiger partial charge in [-0.05, 0) is 38.2 Å². The number of ether oxygens (including phenoxy) is 2. The van der Waals surface area contributed by atoms with Gasteiger partial charge in [-0.25, -0.2) is 0 Å². The number of esters is 1. The van der Waals surface area contributed by atoms with Crippen LogP contribution in [0.5, 0.6) is 0 Å². The molecule has 0 radical (unpaired) electrons. The van der Waals surface area contributed by atoms with Crippen molar-refractivity contribution in [3.05, 3.63) is 61.2 Å². The zero-order valence-corrected chi connectivity index (χ0v) is 26.0. The molecule has 240 valence electrons. The van der Waals surface area contributed by atoms with Crippen LogP contribution in [-0.2, 0) is 28.7 Å². The van der Waals surface area contributed by atoms with Gasteiger partial charge >= 0.3 is 5.97 Å². The number of carbonyl (C=O) groups excluding carboxylic acids is 4. The maximum atomic E-state index is 14.5. The standard InChI is InChI=1S/C34H47N3O7/c1-5-8-13-20-36(19-7-3)32(41)30-34-18-17-26(44-34)28(33(42)43-23(4)21-35-27(39)16-9-6-2)29(34)31(40)37(30)25(22-38)24-14-11-10-12-15-24/h6-7,10-12,14-15,23,25-26,28-30,38H,2-3,5,8-9,13,16-22H2,1,4H3,(H,35,39)/t23-,25-,26-,28+,29+,30-,34+/m1/s1. The Balaban J connectivity index is 1.65. The molecule has 3 heterocycles. The van der Waals surface area contributed by atoms with Crippen molar-refractivity contribution in [2.45, 2.75) is 88.7 Å². The van der Waals surface area contributed by atoms with E-state index in [0.717, 1.165) is 19.3 Å². The lowest BCUT2D eigenvalue weighted by atomic mass is 9.70. The Bertz CT molecular complexity index is 1210. The summed E-state index contributed by atoms with van der Waals surface area (Å²) in [4.78, 5) is 57.9. The summed E-state index contributed by atoms with van der Waals surface area (Å²) in [5, 5.41) is 13.4. The maximum Gasteiger partial charge on any atom is 0.312 e. The number of likely N-dealkylation sites (tertiary alicyclic amines) is 1. The maximum absolute atomic E-state index is 14.5. The largest absolute Gasteiger partial charge is 0.460 e. The zero-order chi connectivity index (χ0) is 31.9. The first-order chi connectivity index (χ1) is 21.2. The third kappa shape index (κ3) is 6.61. The van der Waals surface area contributed by atoms with Crippen molar-refractivity contribution in [3.63, 3.8) is 0 Å². The van der Waals surface area contributed by atoms with Crippen LogP contribution in [-0.4, -0.2) is 88.7 Å². The van der Waals surface area contributed by atoms with Gasteiger partial charge in [0, 0.05) is 19.5 Å². The van der Waals surface area contributed by atoms with Crippen LogP contribution in [0, 0.1) is 11.8 Å². The zero-order valence-electron chi connectivity index (χ0n) is 26.0. The lowest BCUT2D eigenvalue weighted by Crippen LogP contribution is -2.57. The Morgan fingerprint density at radius 3 is 2.64 bits per heavy atom. The van der Waals surface area contributed by atoms with Gasteiger partial charge in [-0.2, -0.15) is 0 Å². The topological polar surface area (TPSA) is 125 Å². The molecule has 7 atom stereocenters. The van der Waals surface area contributed by atoms with Crippen LogP contribution in [0.4, 0.5) is 0 Å². The molecule has 0 aliphatic carbocycles. The van der Waals surface area contributed by atoms with Crippen molar-refractivity contribution in [1.82, 2.24) is 15.1 Å². The molecule has 3 amide bonds. The van der Waals surface area contributed by atoms with E-state index in [4.69, 9.17) is 9.47 Å². The fraction of sp³-hybridized carbons (Fsp3) is 0.588. The van der Waals surface area contributed by atoms with E-state index in [-0.39, 0.29) is 18.4 Å². The van der Waals surface area contributed by atoms with Crippen LogP contribution < -0.4 is 5.32 Å². The smallest absolute Gasteiger partial charge is 0.312 e. The number of nitrogens with zero attached hydrogens (tertiary/aromatic N) is 2. The minimum atomic E-state index is -1.23. The number of aliphatic hydroxyl groups excluding tert-OH is 1. The molecule has 3 aliphatic heterocycles. The highest BCUT2D eigenvalue weighted by molar-refractivity contribution is 5.98. The molecule has 1 spiro atoms. The molecule has 3 aliphatic rings. The van der Waals surface area contributed by atoms with Crippen LogP contribution in [0.3, 0.4) is 0 Å². The first-order valence-corrected chi connectivity index (χ1v) is 15.9. The monoisotopic (exact) mass is 609 g/mol. The Kier molecular flexibility index (Phi) is 11.4. The number of hydrogen-bond acceptors (Lipinski definition) is 7. The normalized spacial score (nSPS) is 26.5. The fourth-order valence-corrected chi connectivity index (χ4v) is 7.07. The van der Waals surface area contributed by atoms with Crippen LogP contribution in [0.15, 0.2) is 55.6 Å². The van der Waals surface area contributed by atoms with Gasteiger partial charge in [0.05, 0.1) is 37.1 Å². The number of nitrogens with one attached hydrogen (secondary N) is 1. The van der Waals surface area contributed by atoms with Gasteiger partial charge < -0.3 is 29.7 Å². The average Bonchev–Trinajstić information content (AvgIpc) is 3.67. The second-order valence-electron chi connectivity index (χ2n) is 12.1. The van der Waals surface area contributed by atoms with E-state index in [2.05, 4.69) is 25.4 Å². The van der Waals surface area contributed by atoms with Crippen LogP contribution >= 0.6 is 0 Å². The number of allylic oxidation sites excluding steroid dienone is 1. The molecule has 4 rings (SSSR count). The molecule has 10 nitrogen and oxygen atoms in total. The number of fused-ring (bicyclic) bond motifs is 1. The highest BCUT2D eigenvalue weighted by Crippen LogP contribution is 2.60. The van der Waals surface area contributed by atoms with Crippen LogP contribution in [0.1, 0.15) is 70.4 Å². The molecule has 0 saturated carbocycles. The van der Waals surface area contributed by atoms with Crippen molar-refractivity contribution in [1.29, 1.82) is 0 Å². The molecule has 44 heavy (non-hydrogen) atoms. The molecule has 0 unspecified atom stereocenters. The van der Waals surface area contributed by atoms with Crippen molar-refractivity contribution in [2.24, 2.45) is 11.8 Å². The first-order valence-electron chi connectivity index (χ1n) is 15.9. The summed E-state index contributed by atoms with van der Waals surface area (Å²) in [5.74, 6) is -3.25. The summed E-state index contributed by atoms with van der Waals surface area (Å²) >= 11 is 0. The highest BCUT2D eigenvalue weighted by Gasteiger charge is 2.75. The van der Waals surface area contributed by atoms with Crippen LogP contribution in [0.2, 0.25) is 0 Å². The summed E-state index contributed by atoms with van der Waals surface area (Å²) in [6.45, 7) is 11.8. The molecule has 1 aromatic carbocycles. The summed E-state index contributed by atoms with van der Waals surface area (Å²) < 4.78 is 12.3. The molecular weight excluding hydrogens is 562 g/mol. The van der Waals surface area contributed by atoms with E-state index in [9.17, 15) is 24.3 Å². The van der Waals surface area contributed by atoms with E-state index in [1.165, 1.54) is 4.90 Å². The van der Waals surface area contributed by atoms with E-state index in [1.54, 1.807) is 24.0 Å². The molecule has 1 aromatic rings. The first kappa shape index (κ1) is 33.4. The molecule has 3 fully saturated rings. The predicted octanol–water partition coefficient (Wildman–Crippen LogP) is 3.31. The highest BCUT2D eigenvalue weighted by atomic mass is 16.6. The second-order valence-corrected chi connectivity index (χ2v) is 12.1. The quantitative estimate of drug-likeness (QED) is 0.158. The summed E-state index contributed by atoms with van der Waals surface area (Å²) in [5.41, 5.74) is -0.537. The van der Waals surface area contributed by atoms with E-state index in [1.807, 2.05) is 30.3 Å². The van der Waals surface area contributed by atoms with Gasteiger partial charge in [-0.3, -0.25) is 19.2 Å². The minimum Gasteiger partial charge on any atom is -0.460 e. The Morgan fingerprint density at radius 1 is 1.23 bits per heavy atom. The van der Waals surface area contributed by atoms with Gasteiger partial charge in [0.2, 0.25) is 17.7 Å². The Labute approximate surface area is 260 Å². The number of aliphatic hydroxyl groups is 1. The van der Waals surface area contributed by atoms with Crippen molar-refractivity contribution < 1.29 is 33.8 Å². The van der Waals surface area contributed by atoms with E-state index < -0.39 is 60.2 Å². The number of carbonyl (C=O) groups is 4. The van der Waals surface area contributed by atoms with Crippen molar-refractivity contribution in [2.75, 3.05) is 26.2 Å². The second kappa shape index (κ2) is 15.0. The van der Waals surface area contributed by atoms with E-state index in [0.29, 0.717) is 44.3 Å². The van der Waals surface area contributed by atoms with Crippen LogP contribution in [0.25, 0.3) is 0 Å².